The zero-order valence-electron chi connectivity index (χ0n) is 13.5. The maximum absolute atomic E-state index is 10.8. The van der Waals surface area contributed by atoms with Gasteiger partial charge in [-0.1, -0.05) is 38.1 Å². The van der Waals surface area contributed by atoms with Gasteiger partial charge in [-0.25, -0.2) is 0 Å². The summed E-state index contributed by atoms with van der Waals surface area (Å²) in [4.78, 5) is 15.4. The molecule has 0 aliphatic carbocycles. The van der Waals surface area contributed by atoms with Gasteiger partial charge in [-0.2, -0.15) is 0 Å². The number of carboxylic acids is 1. The van der Waals surface area contributed by atoms with Crippen LogP contribution >= 0.6 is 0 Å². The van der Waals surface area contributed by atoms with E-state index in [1.165, 1.54) is 11.1 Å². The third-order valence-electron chi connectivity index (χ3n) is 3.92. The fourth-order valence-electron chi connectivity index (χ4n) is 2.37. The van der Waals surface area contributed by atoms with Crippen LogP contribution in [0.15, 0.2) is 24.3 Å². The molecule has 0 saturated carbocycles. The number of hydrogen-bond donors (Lipinski definition) is 1. The minimum atomic E-state index is -0.729. The molecule has 0 unspecified atom stereocenters. The van der Waals surface area contributed by atoms with Crippen molar-refractivity contribution in [3.8, 4) is 0 Å². The topological polar surface area (TPSA) is 43.8 Å². The van der Waals surface area contributed by atoms with Crippen molar-refractivity contribution in [1.29, 1.82) is 0 Å². The summed E-state index contributed by atoms with van der Waals surface area (Å²) in [5.74, 6) is -0.729. The predicted octanol–water partition coefficient (Wildman–Crippen LogP) is 2.61. The van der Waals surface area contributed by atoms with Crippen molar-refractivity contribution < 1.29 is 9.90 Å². The van der Waals surface area contributed by atoms with E-state index in [2.05, 4.69) is 42.7 Å². The molecular formula is C17H28N2O2. The number of carboxylic acid groups (broad SMARTS) is 1. The second kappa shape index (κ2) is 9.53. The number of aliphatic carboxylic acids is 1. The molecule has 118 valence electrons. The van der Waals surface area contributed by atoms with Crippen LogP contribution in [0, 0.1) is 6.92 Å². The highest BCUT2D eigenvalue weighted by atomic mass is 16.4. The average molecular weight is 292 g/mol. The molecule has 0 heterocycles. The summed E-state index contributed by atoms with van der Waals surface area (Å²) < 4.78 is 0. The molecule has 0 radical (unpaired) electrons. The minimum absolute atomic E-state index is 0.199. The van der Waals surface area contributed by atoms with Crippen molar-refractivity contribution in [2.24, 2.45) is 0 Å². The first-order chi connectivity index (χ1) is 10.1. The van der Waals surface area contributed by atoms with E-state index < -0.39 is 5.97 Å². The number of benzene rings is 1. The zero-order valence-corrected chi connectivity index (χ0v) is 13.5. The van der Waals surface area contributed by atoms with Crippen LogP contribution in [0.4, 0.5) is 0 Å². The predicted molar refractivity (Wildman–Crippen MR) is 86.5 cm³/mol. The molecule has 0 aliphatic heterocycles. The van der Waals surface area contributed by atoms with Gasteiger partial charge in [0.2, 0.25) is 0 Å². The fourth-order valence-corrected chi connectivity index (χ4v) is 2.37. The maximum Gasteiger partial charge on any atom is 0.304 e. The molecule has 21 heavy (non-hydrogen) atoms. The van der Waals surface area contributed by atoms with E-state index in [-0.39, 0.29) is 6.42 Å². The Labute approximate surface area is 128 Å². The average Bonchev–Trinajstić information content (AvgIpc) is 2.47. The first kappa shape index (κ1) is 17.7. The lowest BCUT2D eigenvalue weighted by Crippen LogP contribution is -2.36. The van der Waals surface area contributed by atoms with Crippen molar-refractivity contribution in [2.75, 3.05) is 32.7 Å². The monoisotopic (exact) mass is 292 g/mol. The SMILES string of the molecule is CCN(CC)CCN(CCC(=O)O)Cc1ccccc1C. The lowest BCUT2D eigenvalue weighted by atomic mass is 10.1. The third-order valence-corrected chi connectivity index (χ3v) is 3.92. The van der Waals surface area contributed by atoms with Gasteiger partial charge in [0.1, 0.15) is 0 Å². The van der Waals surface area contributed by atoms with Gasteiger partial charge in [0, 0.05) is 26.2 Å². The van der Waals surface area contributed by atoms with Gasteiger partial charge in [0.25, 0.3) is 0 Å². The number of likely N-dealkylation sites (N-methyl/N-ethyl adjacent to an activating group) is 1. The zero-order chi connectivity index (χ0) is 15.7. The Morgan fingerprint density at radius 2 is 1.67 bits per heavy atom. The second-order valence-electron chi connectivity index (χ2n) is 5.37. The molecular weight excluding hydrogens is 264 g/mol. The molecule has 4 heteroatoms. The van der Waals surface area contributed by atoms with Gasteiger partial charge in [-0.3, -0.25) is 9.69 Å². The molecule has 0 aliphatic rings. The molecule has 1 aromatic rings. The highest BCUT2D eigenvalue weighted by molar-refractivity contribution is 5.66. The van der Waals surface area contributed by atoms with Crippen LogP contribution in [0.1, 0.15) is 31.4 Å². The van der Waals surface area contributed by atoms with Gasteiger partial charge >= 0.3 is 5.97 Å². The summed E-state index contributed by atoms with van der Waals surface area (Å²) in [6.45, 7) is 11.8. The van der Waals surface area contributed by atoms with Gasteiger partial charge in [-0.15, -0.1) is 0 Å². The third kappa shape index (κ3) is 6.74. The van der Waals surface area contributed by atoms with Gasteiger partial charge in [0.15, 0.2) is 0 Å². The van der Waals surface area contributed by atoms with Crippen LogP contribution in [0.25, 0.3) is 0 Å². The van der Waals surface area contributed by atoms with Gasteiger partial charge in [0.05, 0.1) is 6.42 Å². The molecule has 0 saturated heterocycles. The molecule has 0 spiro atoms. The van der Waals surface area contributed by atoms with E-state index in [1.54, 1.807) is 0 Å². The van der Waals surface area contributed by atoms with Crippen LogP contribution in [-0.2, 0) is 11.3 Å². The van der Waals surface area contributed by atoms with Crippen molar-refractivity contribution in [2.45, 2.75) is 33.7 Å². The highest BCUT2D eigenvalue weighted by Crippen LogP contribution is 2.11. The van der Waals surface area contributed by atoms with Crippen LogP contribution in [0.2, 0.25) is 0 Å². The van der Waals surface area contributed by atoms with Crippen LogP contribution in [0.3, 0.4) is 0 Å². The van der Waals surface area contributed by atoms with E-state index in [9.17, 15) is 4.79 Å². The number of aryl methyl sites for hydroxylation is 1. The lowest BCUT2D eigenvalue weighted by Gasteiger charge is -2.26. The molecule has 0 amide bonds. The Balaban J connectivity index is 2.63. The molecule has 1 aromatic carbocycles. The fraction of sp³-hybridized carbons (Fsp3) is 0.588. The summed E-state index contributed by atoms with van der Waals surface area (Å²) in [5, 5.41) is 8.92. The number of carbonyl (C=O) groups is 1. The molecule has 0 fully saturated rings. The van der Waals surface area contributed by atoms with E-state index in [4.69, 9.17) is 5.11 Å². The Morgan fingerprint density at radius 3 is 2.24 bits per heavy atom. The van der Waals surface area contributed by atoms with Crippen LogP contribution < -0.4 is 0 Å². The van der Waals surface area contributed by atoms with Crippen molar-refractivity contribution in [1.82, 2.24) is 9.80 Å². The minimum Gasteiger partial charge on any atom is -0.481 e. The van der Waals surface area contributed by atoms with Gasteiger partial charge < -0.3 is 10.0 Å². The quantitative estimate of drug-likeness (QED) is 0.720. The molecule has 0 atom stereocenters. The van der Waals surface area contributed by atoms with Crippen LogP contribution in [-0.4, -0.2) is 53.6 Å². The Morgan fingerprint density at radius 1 is 1.05 bits per heavy atom. The smallest absolute Gasteiger partial charge is 0.304 e. The van der Waals surface area contributed by atoms with Crippen molar-refractivity contribution >= 4 is 5.97 Å². The molecule has 4 nitrogen and oxygen atoms in total. The molecule has 1 rings (SSSR count). The summed E-state index contributed by atoms with van der Waals surface area (Å²) in [5.41, 5.74) is 2.54. The molecule has 1 N–H and O–H groups in total. The van der Waals surface area contributed by atoms with Crippen LogP contribution in [0.5, 0.6) is 0 Å². The summed E-state index contributed by atoms with van der Waals surface area (Å²) in [6, 6.07) is 8.31. The Bertz CT molecular complexity index is 431. The highest BCUT2D eigenvalue weighted by Gasteiger charge is 2.11. The Kier molecular flexibility index (Phi) is 8.01. The maximum atomic E-state index is 10.8. The first-order valence-electron chi connectivity index (χ1n) is 7.77. The summed E-state index contributed by atoms with van der Waals surface area (Å²) >= 11 is 0. The normalized spacial score (nSPS) is 11.3. The van der Waals surface area contributed by atoms with E-state index >= 15 is 0 Å². The van der Waals surface area contributed by atoms with E-state index in [1.807, 2.05) is 12.1 Å². The second-order valence-corrected chi connectivity index (χ2v) is 5.37. The number of nitrogens with zero attached hydrogens (tertiary/aromatic N) is 2. The lowest BCUT2D eigenvalue weighted by molar-refractivity contribution is -0.137. The number of rotatable bonds is 10. The molecule has 0 bridgehead atoms. The summed E-state index contributed by atoms with van der Waals surface area (Å²) in [6.07, 6.45) is 0.199. The summed E-state index contributed by atoms with van der Waals surface area (Å²) in [7, 11) is 0. The van der Waals surface area contributed by atoms with Crippen molar-refractivity contribution in [3.05, 3.63) is 35.4 Å². The Hall–Kier alpha value is -1.39. The van der Waals surface area contributed by atoms with Gasteiger partial charge in [-0.05, 0) is 31.1 Å². The standard InChI is InChI=1S/C17H28N2O2/c1-4-18(5-2)12-13-19(11-10-17(20)21)14-16-9-7-6-8-15(16)3/h6-9H,4-5,10-14H2,1-3H3,(H,20,21). The van der Waals surface area contributed by atoms with Crippen molar-refractivity contribution in [3.63, 3.8) is 0 Å². The van der Waals surface area contributed by atoms with E-state index in [0.717, 1.165) is 32.7 Å². The van der Waals surface area contributed by atoms with E-state index in [0.29, 0.717) is 6.54 Å². The first-order valence-corrected chi connectivity index (χ1v) is 7.77. The largest absolute Gasteiger partial charge is 0.481 e. The number of hydrogen-bond acceptors (Lipinski definition) is 3. The molecule has 0 aromatic heterocycles.